The second-order valence-electron chi connectivity index (χ2n) is 6.19. The highest BCUT2D eigenvalue weighted by atomic mass is 79.9. The number of amides is 1. The van der Waals surface area contributed by atoms with Crippen LogP contribution >= 0.6 is 15.9 Å². The number of rotatable bonds is 5. The maximum atomic E-state index is 12.8. The molecule has 5 heteroatoms. The third kappa shape index (κ3) is 4.10. The van der Waals surface area contributed by atoms with E-state index in [1.165, 1.54) is 0 Å². The lowest BCUT2D eigenvalue weighted by atomic mass is 10.0. The molecule has 1 heterocycles. The van der Waals surface area contributed by atoms with Crippen molar-refractivity contribution in [2.24, 2.45) is 0 Å². The van der Waals surface area contributed by atoms with Crippen LogP contribution < -0.4 is 9.47 Å². The van der Waals surface area contributed by atoms with E-state index < -0.39 is 0 Å². The van der Waals surface area contributed by atoms with Crippen molar-refractivity contribution in [3.05, 3.63) is 64.1 Å². The molecule has 1 fully saturated rings. The lowest BCUT2D eigenvalue weighted by molar-refractivity contribution is -0.126. The average Bonchev–Trinajstić information content (AvgIpc) is 3.15. The van der Waals surface area contributed by atoms with Gasteiger partial charge in [0.05, 0.1) is 20.3 Å². The topological polar surface area (TPSA) is 38.8 Å². The highest BCUT2D eigenvalue weighted by Crippen LogP contribution is 2.38. The highest BCUT2D eigenvalue weighted by molar-refractivity contribution is 9.10. The summed E-state index contributed by atoms with van der Waals surface area (Å²) in [5, 5.41) is 0. The zero-order valence-corrected chi connectivity index (χ0v) is 16.5. The molecule has 1 unspecified atom stereocenters. The molecule has 4 nitrogen and oxygen atoms in total. The van der Waals surface area contributed by atoms with Gasteiger partial charge in [0, 0.05) is 28.7 Å². The van der Waals surface area contributed by atoms with Gasteiger partial charge in [-0.05, 0) is 48.7 Å². The normalized spacial score (nSPS) is 16.9. The van der Waals surface area contributed by atoms with E-state index >= 15 is 0 Å². The molecule has 3 rings (SSSR count). The van der Waals surface area contributed by atoms with Crippen molar-refractivity contribution in [3.63, 3.8) is 0 Å². The minimum absolute atomic E-state index is 0.0188. The molecule has 0 spiro atoms. The molecular weight excluding hydrogens is 394 g/mol. The zero-order valence-electron chi connectivity index (χ0n) is 14.9. The maximum absolute atomic E-state index is 12.8. The van der Waals surface area contributed by atoms with Crippen LogP contribution in [0.1, 0.15) is 30.0 Å². The Morgan fingerprint density at radius 1 is 1.19 bits per heavy atom. The number of carbonyl (C=O) groups is 1. The molecule has 2 aromatic rings. The van der Waals surface area contributed by atoms with Gasteiger partial charge in [-0.25, -0.2) is 0 Å². The van der Waals surface area contributed by atoms with Crippen molar-refractivity contribution in [1.29, 1.82) is 0 Å². The summed E-state index contributed by atoms with van der Waals surface area (Å²) in [7, 11) is 3.28. The van der Waals surface area contributed by atoms with Crippen molar-refractivity contribution in [1.82, 2.24) is 4.90 Å². The molecular formula is C21H22BrNO3. The van der Waals surface area contributed by atoms with E-state index in [1.807, 2.05) is 53.4 Å². The van der Waals surface area contributed by atoms with Crippen LogP contribution in [0.5, 0.6) is 11.5 Å². The first-order chi connectivity index (χ1) is 12.6. The van der Waals surface area contributed by atoms with Crippen LogP contribution in [0.3, 0.4) is 0 Å². The van der Waals surface area contributed by atoms with Crippen LogP contribution in [0.25, 0.3) is 6.08 Å². The summed E-state index contributed by atoms with van der Waals surface area (Å²) in [4.78, 5) is 14.7. The molecule has 1 atom stereocenters. The second kappa shape index (κ2) is 8.41. The molecule has 0 saturated carbocycles. The van der Waals surface area contributed by atoms with Gasteiger partial charge in [-0.1, -0.05) is 28.1 Å². The van der Waals surface area contributed by atoms with Crippen molar-refractivity contribution in [2.75, 3.05) is 20.8 Å². The van der Waals surface area contributed by atoms with E-state index in [2.05, 4.69) is 15.9 Å². The first-order valence-corrected chi connectivity index (χ1v) is 9.38. The summed E-state index contributed by atoms with van der Waals surface area (Å²) in [5.41, 5.74) is 2.01. The third-order valence-electron chi connectivity index (χ3n) is 4.60. The van der Waals surface area contributed by atoms with Crippen molar-refractivity contribution < 1.29 is 14.3 Å². The van der Waals surface area contributed by atoms with Gasteiger partial charge in [0.1, 0.15) is 11.5 Å². The minimum Gasteiger partial charge on any atom is -0.497 e. The maximum Gasteiger partial charge on any atom is 0.247 e. The van der Waals surface area contributed by atoms with Crippen molar-refractivity contribution >= 4 is 27.9 Å². The molecule has 1 aliphatic heterocycles. The van der Waals surface area contributed by atoms with Gasteiger partial charge in [0.25, 0.3) is 0 Å². The molecule has 0 N–H and O–H groups in total. The smallest absolute Gasteiger partial charge is 0.247 e. The molecule has 0 bridgehead atoms. The number of carbonyl (C=O) groups excluding carboxylic acids is 1. The summed E-state index contributed by atoms with van der Waals surface area (Å²) >= 11 is 3.45. The Bertz CT molecular complexity index is 819. The quantitative estimate of drug-likeness (QED) is 0.655. The van der Waals surface area contributed by atoms with Crippen LogP contribution in [-0.2, 0) is 4.79 Å². The fourth-order valence-corrected chi connectivity index (χ4v) is 3.74. The van der Waals surface area contributed by atoms with Gasteiger partial charge in [-0.15, -0.1) is 0 Å². The van der Waals surface area contributed by atoms with E-state index in [0.717, 1.165) is 46.5 Å². The number of benzene rings is 2. The van der Waals surface area contributed by atoms with Crippen LogP contribution in [0, 0.1) is 0 Å². The van der Waals surface area contributed by atoms with Crippen molar-refractivity contribution in [3.8, 4) is 11.5 Å². The number of halogens is 1. The molecule has 0 aliphatic carbocycles. The Morgan fingerprint density at radius 2 is 2.04 bits per heavy atom. The first kappa shape index (κ1) is 18.5. The Labute approximate surface area is 162 Å². The molecule has 1 amide bonds. The van der Waals surface area contributed by atoms with E-state index in [9.17, 15) is 4.79 Å². The lowest BCUT2D eigenvalue weighted by Crippen LogP contribution is -2.29. The van der Waals surface area contributed by atoms with E-state index in [-0.39, 0.29) is 11.9 Å². The molecule has 26 heavy (non-hydrogen) atoms. The number of hydrogen-bond donors (Lipinski definition) is 0. The summed E-state index contributed by atoms with van der Waals surface area (Å²) in [6.07, 6.45) is 5.42. The van der Waals surface area contributed by atoms with Gasteiger partial charge in [0.2, 0.25) is 5.91 Å². The summed E-state index contributed by atoms with van der Waals surface area (Å²) in [6, 6.07) is 13.7. The first-order valence-electron chi connectivity index (χ1n) is 8.58. The van der Waals surface area contributed by atoms with Crippen LogP contribution in [0.15, 0.2) is 53.0 Å². The standard InChI is InChI=1S/C21H22BrNO3/c1-25-17-9-10-18(20(14-17)26-2)19-7-4-12-23(19)21(24)11-8-15-5-3-6-16(22)13-15/h3,5-6,8-11,13-14,19H,4,7,12H2,1-2H3/b11-8+. The van der Waals surface area contributed by atoms with Gasteiger partial charge >= 0.3 is 0 Å². The Balaban J connectivity index is 1.80. The molecule has 1 aliphatic rings. The third-order valence-corrected chi connectivity index (χ3v) is 5.10. The average molecular weight is 416 g/mol. The van der Waals surface area contributed by atoms with Crippen LogP contribution in [0.4, 0.5) is 0 Å². The number of likely N-dealkylation sites (tertiary alicyclic amines) is 1. The van der Waals surface area contributed by atoms with Gasteiger partial charge in [0.15, 0.2) is 0 Å². The summed E-state index contributed by atoms with van der Waals surface area (Å²) in [5.74, 6) is 1.52. The van der Waals surface area contributed by atoms with Crippen molar-refractivity contribution in [2.45, 2.75) is 18.9 Å². The highest BCUT2D eigenvalue weighted by Gasteiger charge is 2.30. The van der Waals surface area contributed by atoms with E-state index in [4.69, 9.17) is 9.47 Å². The Hall–Kier alpha value is -2.27. The predicted molar refractivity (Wildman–Crippen MR) is 106 cm³/mol. The number of nitrogens with zero attached hydrogens (tertiary/aromatic N) is 1. The molecule has 0 radical (unpaired) electrons. The molecule has 136 valence electrons. The number of ether oxygens (including phenoxy) is 2. The fourth-order valence-electron chi connectivity index (χ4n) is 3.32. The number of methoxy groups -OCH3 is 2. The SMILES string of the molecule is COc1ccc(C2CCCN2C(=O)/C=C/c2cccc(Br)c2)c(OC)c1. The van der Waals surface area contributed by atoms with Gasteiger partial charge < -0.3 is 14.4 Å². The number of hydrogen-bond acceptors (Lipinski definition) is 3. The lowest BCUT2D eigenvalue weighted by Gasteiger charge is -2.25. The minimum atomic E-state index is 0.0188. The Morgan fingerprint density at radius 3 is 2.77 bits per heavy atom. The van der Waals surface area contributed by atoms with E-state index in [0.29, 0.717) is 0 Å². The monoisotopic (exact) mass is 415 g/mol. The van der Waals surface area contributed by atoms with Gasteiger partial charge in [-0.3, -0.25) is 4.79 Å². The molecule has 2 aromatic carbocycles. The largest absolute Gasteiger partial charge is 0.497 e. The Kier molecular flexibility index (Phi) is 5.99. The second-order valence-corrected chi connectivity index (χ2v) is 7.10. The molecule has 1 saturated heterocycles. The fraction of sp³-hybridized carbons (Fsp3) is 0.286. The van der Waals surface area contributed by atoms with E-state index in [1.54, 1.807) is 20.3 Å². The van der Waals surface area contributed by atoms with Gasteiger partial charge in [-0.2, -0.15) is 0 Å². The molecule has 0 aromatic heterocycles. The van der Waals surface area contributed by atoms with Crippen LogP contribution in [0.2, 0.25) is 0 Å². The summed E-state index contributed by atoms with van der Waals surface area (Å²) < 4.78 is 11.8. The predicted octanol–water partition coefficient (Wildman–Crippen LogP) is 4.84. The zero-order chi connectivity index (χ0) is 18.5. The van der Waals surface area contributed by atoms with Crippen LogP contribution in [-0.4, -0.2) is 31.6 Å². The summed E-state index contributed by atoms with van der Waals surface area (Å²) in [6.45, 7) is 0.751.